The van der Waals surface area contributed by atoms with Gasteiger partial charge in [0.05, 0.1) is 11.4 Å². The number of benzene rings is 1. The lowest BCUT2D eigenvalue weighted by molar-refractivity contribution is 0.436. The van der Waals surface area contributed by atoms with Crippen molar-refractivity contribution in [2.45, 2.75) is 13.3 Å². The smallest absolute Gasteiger partial charge is 0.0814 e. The summed E-state index contributed by atoms with van der Waals surface area (Å²) >= 11 is -2.86. The van der Waals surface area contributed by atoms with E-state index in [0.717, 1.165) is 0 Å². The summed E-state index contributed by atoms with van der Waals surface area (Å²) < 4.78 is 24.1. The Kier molecular flexibility index (Phi) is 2.97. The van der Waals surface area contributed by atoms with Crippen molar-refractivity contribution in [2.24, 2.45) is 0 Å². The molecule has 12 heavy (non-hydrogen) atoms. The fourth-order valence-corrected chi connectivity index (χ4v) is 1.03. The van der Waals surface area contributed by atoms with Gasteiger partial charge in [-0.15, -0.1) is 0 Å². The van der Waals surface area contributed by atoms with Gasteiger partial charge in [-0.05, 0) is 24.5 Å². The maximum Gasteiger partial charge on any atom is 0.0814 e. The second-order valence-electron chi connectivity index (χ2n) is 2.67. The van der Waals surface area contributed by atoms with E-state index in [1.807, 2.05) is 0 Å². The molecular formula is C8H9O3S-. The fourth-order valence-electron chi connectivity index (χ4n) is 1.03. The molecule has 1 aromatic rings. The molecule has 0 saturated carbocycles. The quantitative estimate of drug-likeness (QED) is 0.628. The van der Waals surface area contributed by atoms with Crippen molar-refractivity contribution < 1.29 is 13.3 Å². The molecule has 3 nitrogen and oxygen atoms in total. The van der Waals surface area contributed by atoms with Gasteiger partial charge in [0.15, 0.2) is 0 Å². The first-order chi connectivity index (χ1) is 5.59. The molecule has 0 saturated heterocycles. The number of hydrogen-bond acceptors (Lipinski definition) is 2. The van der Waals surface area contributed by atoms with Gasteiger partial charge in [-0.2, -0.15) is 0 Å². The summed E-state index contributed by atoms with van der Waals surface area (Å²) in [5.41, 5.74) is 4.47. The van der Waals surface area contributed by atoms with E-state index in [1.165, 1.54) is 17.5 Å². The molecule has 66 valence electrons. The highest BCUT2D eigenvalue weighted by atomic mass is 32.2. The van der Waals surface area contributed by atoms with Gasteiger partial charge in [-0.1, -0.05) is 23.8 Å². The number of aryl methyl sites for hydroxylation is 1. The van der Waals surface area contributed by atoms with Crippen molar-refractivity contribution >= 4 is 11.4 Å². The summed E-state index contributed by atoms with van der Waals surface area (Å²) in [6.45, 7) is 2.14. The molecule has 0 radical (unpaired) electrons. The fraction of sp³-hybridized carbons (Fsp3) is 0.250. The van der Waals surface area contributed by atoms with E-state index in [-0.39, 0.29) is 0 Å². The van der Waals surface area contributed by atoms with Gasteiger partial charge in [-0.25, -0.2) is 4.21 Å². The minimum Gasteiger partial charge on any atom is -0.750 e. The third-order valence-corrected chi connectivity index (χ3v) is 1.62. The van der Waals surface area contributed by atoms with Crippen LogP contribution in [0, 0.1) is 6.92 Å². The van der Waals surface area contributed by atoms with Crippen LogP contribution in [0.2, 0.25) is 0 Å². The Labute approximate surface area is 73.5 Å². The van der Waals surface area contributed by atoms with Crippen LogP contribution in [0.5, 0.6) is 0 Å². The summed E-state index contributed by atoms with van der Waals surface area (Å²) in [4.78, 5) is 0. The van der Waals surface area contributed by atoms with Gasteiger partial charge >= 0.3 is 0 Å². The van der Waals surface area contributed by atoms with Crippen molar-refractivity contribution in [1.29, 1.82) is 0 Å². The molecule has 0 heterocycles. The van der Waals surface area contributed by atoms with Crippen LogP contribution in [0.25, 0.3) is 0 Å². The molecule has 1 N–H and O–H groups in total. The Morgan fingerprint density at radius 1 is 1.50 bits per heavy atom. The molecular weight excluding hydrogens is 176 g/mol. The van der Waals surface area contributed by atoms with Crippen LogP contribution in [-0.2, 0) is 17.8 Å². The SMILES string of the molecule is Cc1ccc2c(c1)C2.O=S([O-])O. The normalized spacial score (nSPS) is 13.9. The van der Waals surface area contributed by atoms with Crippen LogP contribution in [-0.4, -0.2) is 13.3 Å². The molecule has 1 aliphatic carbocycles. The molecule has 0 aliphatic heterocycles. The van der Waals surface area contributed by atoms with Gasteiger partial charge in [0.25, 0.3) is 0 Å². The Morgan fingerprint density at radius 2 is 2.08 bits per heavy atom. The van der Waals surface area contributed by atoms with Crippen molar-refractivity contribution in [3.63, 3.8) is 0 Å². The minimum absolute atomic E-state index is 1.24. The lowest BCUT2D eigenvalue weighted by Crippen LogP contribution is -1.75. The third-order valence-electron chi connectivity index (χ3n) is 1.62. The Hall–Kier alpha value is -0.710. The average Bonchev–Trinajstić information content (AvgIpc) is 2.63. The van der Waals surface area contributed by atoms with Crippen molar-refractivity contribution in [3.8, 4) is 0 Å². The maximum absolute atomic E-state index is 8.56. The molecule has 1 aromatic carbocycles. The van der Waals surface area contributed by atoms with Crippen LogP contribution in [0.15, 0.2) is 18.2 Å². The molecule has 0 amide bonds. The summed E-state index contributed by atoms with van der Waals surface area (Å²) in [5, 5.41) is 0. The largest absolute Gasteiger partial charge is 0.750 e. The zero-order valence-corrected chi connectivity index (χ0v) is 7.43. The molecule has 4 heteroatoms. The zero-order valence-electron chi connectivity index (χ0n) is 6.61. The van der Waals surface area contributed by atoms with Crippen LogP contribution in [0.1, 0.15) is 16.7 Å². The first kappa shape index (κ1) is 9.38. The molecule has 0 bridgehead atoms. The van der Waals surface area contributed by atoms with E-state index in [2.05, 4.69) is 25.1 Å². The Bertz CT molecular complexity index is 304. The predicted octanol–water partition coefficient (Wildman–Crippen LogP) is 1.24. The van der Waals surface area contributed by atoms with Gasteiger partial charge in [-0.3, -0.25) is 0 Å². The first-order valence-corrected chi connectivity index (χ1v) is 4.49. The maximum atomic E-state index is 8.56. The highest BCUT2D eigenvalue weighted by Crippen LogP contribution is 2.27. The van der Waals surface area contributed by atoms with E-state index >= 15 is 0 Å². The molecule has 0 spiro atoms. The monoisotopic (exact) mass is 185 g/mol. The Balaban J connectivity index is 0.000000157. The second kappa shape index (κ2) is 3.80. The molecule has 1 aliphatic rings. The van der Waals surface area contributed by atoms with Crippen LogP contribution in [0.4, 0.5) is 0 Å². The van der Waals surface area contributed by atoms with Crippen molar-refractivity contribution in [1.82, 2.24) is 0 Å². The van der Waals surface area contributed by atoms with Gasteiger partial charge in [0, 0.05) is 0 Å². The zero-order chi connectivity index (χ0) is 9.14. The number of fused-ring (bicyclic) bond motifs is 1. The molecule has 2 rings (SSSR count). The van der Waals surface area contributed by atoms with E-state index in [4.69, 9.17) is 13.3 Å². The molecule has 0 fully saturated rings. The van der Waals surface area contributed by atoms with Gasteiger partial charge in [0.2, 0.25) is 0 Å². The van der Waals surface area contributed by atoms with E-state index < -0.39 is 11.4 Å². The third kappa shape index (κ3) is 3.13. The minimum atomic E-state index is -2.86. The molecule has 1 unspecified atom stereocenters. The summed E-state index contributed by atoms with van der Waals surface area (Å²) in [5.74, 6) is 0. The van der Waals surface area contributed by atoms with E-state index in [9.17, 15) is 0 Å². The number of hydrogen-bond donors (Lipinski definition) is 1. The van der Waals surface area contributed by atoms with Crippen molar-refractivity contribution in [2.75, 3.05) is 0 Å². The summed E-state index contributed by atoms with van der Waals surface area (Å²) in [6, 6.07) is 6.64. The van der Waals surface area contributed by atoms with Crippen LogP contribution < -0.4 is 0 Å². The second-order valence-corrected chi connectivity index (χ2v) is 3.10. The Morgan fingerprint density at radius 3 is 2.50 bits per heavy atom. The summed E-state index contributed by atoms with van der Waals surface area (Å²) in [6.07, 6.45) is 1.24. The molecule has 1 atom stereocenters. The lowest BCUT2D eigenvalue weighted by atomic mass is 10.2. The van der Waals surface area contributed by atoms with E-state index in [1.54, 1.807) is 5.56 Å². The number of rotatable bonds is 0. The average molecular weight is 185 g/mol. The lowest BCUT2D eigenvalue weighted by Gasteiger charge is -1.83. The highest BCUT2D eigenvalue weighted by molar-refractivity contribution is 7.73. The predicted molar refractivity (Wildman–Crippen MR) is 45.5 cm³/mol. The van der Waals surface area contributed by atoms with Gasteiger partial charge in [0.1, 0.15) is 0 Å². The van der Waals surface area contributed by atoms with Crippen molar-refractivity contribution in [3.05, 3.63) is 34.9 Å². The molecule has 0 aromatic heterocycles. The standard InChI is InChI=1S/C8H8.H2O3S/c1-6-2-3-7-5-8(7)4-6;1-4(2)3/h2-4H,5H2,1H3;(H2,1,2,3)/p-1. The topological polar surface area (TPSA) is 60.4 Å². The highest BCUT2D eigenvalue weighted by Gasteiger charge is 2.14. The van der Waals surface area contributed by atoms with Gasteiger partial charge < -0.3 is 9.11 Å². The van der Waals surface area contributed by atoms with Crippen LogP contribution >= 0.6 is 0 Å². The van der Waals surface area contributed by atoms with Crippen LogP contribution in [0.3, 0.4) is 0 Å². The summed E-state index contributed by atoms with van der Waals surface area (Å²) in [7, 11) is 0. The first-order valence-electron chi connectivity index (χ1n) is 3.46. The van der Waals surface area contributed by atoms with E-state index in [0.29, 0.717) is 0 Å².